The van der Waals surface area contributed by atoms with Crippen LogP contribution in [0.5, 0.6) is 5.75 Å². The maximum atomic E-state index is 12.0. The van der Waals surface area contributed by atoms with Crippen LogP contribution in [0.2, 0.25) is 0 Å². The predicted octanol–water partition coefficient (Wildman–Crippen LogP) is 0.0146. The molecule has 22 heavy (non-hydrogen) atoms. The molecule has 0 aromatic heterocycles. The first-order valence-electron chi connectivity index (χ1n) is 6.28. The van der Waals surface area contributed by atoms with Crippen molar-refractivity contribution in [3.63, 3.8) is 0 Å². The Bertz CT molecular complexity index is 669. The van der Waals surface area contributed by atoms with Gasteiger partial charge < -0.3 is 15.2 Å². The van der Waals surface area contributed by atoms with Gasteiger partial charge in [-0.05, 0) is 18.2 Å². The molecule has 0 spiro atoms. The number of rotatable bonds is 7. The van der Waals surface area contributed by atoms with Crippen molar-refractivity contribution in [3.8, 4) is 5.75 Å². The van der Waals surface area contributed by atoms with Crippen molar-refractivity contribution in [2.75, 3.05) is 33.5 Å². The standard InChI is InChI=1S/C13H18N2O6S/c1-15(2)22(19,20)5-4-14-12(16)9-6-10(13(17)18)8-11(7-9)21-3/h6-8H,4-5H2,1-3H3,(H,14,16)(H,17,18). The minimum Gasteiger partial charge on any atom is -0.497 e. The third-order valence-corrected chi connectivity index (χ3v) is 4.69. The van der Waals surface area contributed by atoms with E-state index in [0.717, 1.165) is 4.31 Å². The number of hydrogen-bond donors (Lipinski definition) is 2. The molecular weight excluding hydrogens is 312 g/mol. The van der Waals surface area contributed by atoms with Crippen molar-refractivity contribution >= 4 is 21.9 Å². The Kier molecular flexibility index (Phi) is 5.89. The van der Waals surface area contributed by atoms with Crippen LogP contribution in [0.1, 0.15) is 20.7 Å². The first kappa shape index (κ1) is 17.9. The molecule has 0 fully saturated rings. The molecule has 2 N–H and O–H groups in total. The molecule has 0 bridgehead atoms. The zero-order chi connectivity index (χ0) is 16.9. The van der Waals surface area contributed by atoms with E-state index in [0.29, 0.717) is 0 Å². The average Bonchev–Trinajstić information content (AvgIpc) is 2.46. The second-order valence-corrected chi connectivity index (χ2v) is 6.91. The number of amides is 1. The number of aromatic carboxylic acids is 1. The average molecular weight is 330 g/mol. The summed E-state index contributed by atoms with van der Waals surface area (Å²) in [4.78, 5) is 23.0. The first-order valence-corrected chi connectivity index (χ1v) is 7.89. The van der Waals surface area contributed by atoms with Gasteiger partial charge in [0.15, 0.2) is 0 Å². The molecule has 1 rings (SSSR count). The molecule has 0 heterocycles. The quantitative estimate of drug-likeness (QED) is 0.728. The van der Waals surface area contributed by atoms with E-state index in [2.05, 4.69) is 5.32 Å². The van der Waals surface area contributed by atoms with E-state index >= 15 is 0 Å². The van der Waals surface area contributed by atoms with E-state index in [-0.39, 0.29) is 29.2 Å². The maximum absolute atomic E-state index is 12.0. The van der Waals surface area contributed by atoms with Gasteiger partial charge >= 0.3 is 5.97 Å². The second kappa shape index (κ2) is 7.23. The van der Waals surface area contributed by atoms with E-state index in [9.17, 15) is 18.0 Å². The number of nitrogens with zero attached hydrogens (tertiary/aromatic N) is 1. The number of carboxylic acid groups (broad SMARTS) is 1. The van der Waals surface area contributed by atoms with Gasteiger partial charge in [-0.25, -0.2) is 17.5 Å². The van der Waals surface area contributed by atoms with Crippen molar-refractivity contribution in [2.45, 2.75) is 0 Å². The predicted molar refractivity (Wildman–Crippen MR) is 79.8 cm³/mol. The molecule has 0 aliphatic rings. The highest BCUT2D eigenvalue weighted by atomic mass is 32.2. The van der Waals surface area contributed by atoms with Crippen LogP contribution in [-0.4, -0.2) is 63.2 Å². The van der Waals surface area contributed by atoms with Gasteiger partial charge in [0, 0.05) is 26.2 Å². The number of methoxy groups -OCH3 is 1. The summed E-state index contributed by atoms with van der Waals surface area (Å²) >= 11 is 0. The molecule has 0 saturated carbocycles. The number of nitrogens with one attached hydrogen (secondary N) is 1. The Labute approximate surface area is 128 Å². The van der Waals surface area contributed by atoms with E-state index in [1.165, 1.54) is 39.4 Å². The van der Waals surface area contributed by atoms with Gasteiger partial charge in [-0.3, -0.25) is 4.79 Å². The number of benzene rings is 1. The van der Waals surface area contributed by atoms with Crippen LogP contribution in [0.4, 0.5) is 0 Å². The molecule has 0 atom stereocenters. The molecule has 0 unspecified atom stereocenters. The van der Waals surface area contributed by atoms with Crippen LogP contribution in [0.25, 0.3) is 0 Å². The summed E-state index contributed by atoms with van der Waals surface area (Å²) in [5, 5.41) is 11.4. The summed E-state index contributed by atoms with van der Waals surface area (Å²) in [6, 6.07) is 3.86. The fourth-order valence-electron chi connectivity index (χ4n) is 1.55. The van der Waals surface area contributed by atoms with Crippen molar-refractivity contribution < 1.29 is 27.9 Å². The highest BCUT2D eigenvalue weighted by molar-refractivity contribution is 7.89. The minimum absolute atomic E-state index is 0.0824. The molecule has 0 saturated heterocycles. The fourth-order valence-corrected chi connectivity index (χ4v) is 2.27. The molecule has 1 amide bonds. The van der Waals surface area contributed by atoms with Crippen molar-refractivity contribution in [2.24, 2.45) is 0 Å². The Morgan fingerprint density at radius 2 is 1.82 bits per heavy atom. The van der Waals surface area contributed by atoms with E-state index < -0.39 is 21.9 Å². The molecule has 0 radical (unpaired) electrons. The smallest absolute Gasteiger partial charge is 0.335 e. The lowest BCUT2D eigenvalue weighted by Crippen LogP contribution is -2.34. The van der Waals surface area contributed by atoms with Crippen LogP contribution in [0, 0.1) is 0 Å². The largest absolute Gasteiger partial charge is 0.497 e. The van der Waals surface area contributed by atoms with Crippen molar-refractivity contribution in [1.29, 1.82) is 0 Å². The zero-order valence-corrected chi connectivity index (χ0v) is 13.3. The number of carboxylic acids is 1. The monoisotopic (exact) mass is 330 g/mol. The summed E-state index contributed by atoms with van der Waals surface area (Å²) in [6.45, 7) is -0.0844. The van der Waals surface area contributed by atoms with E-state index in [4.69, 9.17) is 9.84 Å². The van der Waals surface area contributed by atoms with Crippen LogP contribution in [-0.2, 0) is 10.0 Å². The van der Waals surface area contributed by atoms with E-state index in [1.807, 2.05) is 0 Å². The minimum atomic E-state index is -3.41. The molecular formula is C13H18N2O6S. The Balaban J connectivity index is 2.82. The SMILES string of the molecule is COc1cc(C(=O)O)cc(C(=O)NCCS(=O)(=O)N(C)C)c1. The van der Waals surface area contributed by atoms with Gasteiger partial charge in [-0.1, -0.05) is 0 Å². The highest BCUT2D eigenvalue weighted by Crippen LogP contribution is 2.17. The molecule has 9 heteroatoms. The summed E-state index contributed by atoms with van der Waals surface area (Å²) in [7, 11) is 0.745. The van der Waals surface area contributed by atoms with Crippen LogP contribution >= 0.6 is 0 Å². The normalized spacial score (nSPS) is 11.3. The molecule has 1 aromatic carbocycles. The summed E-state index contributed by atoms with van der Waals surface area (Å²) in [6.07, 6.45) is 0. The molecule has 122 valence electrons. The van der Waals surface area contributed by atoms with Gasteiger partial charge in [0.1, 0.15) is 5.75 Å². The summed E-state index contributed by atoms with van der Waals surface area (Å²) in [5.74, 6) is -1.79. The second-order valence-electron chi connectivity index (χ2n) is 4.61. The lowest BCUT2D eigenvalue weighted by atomic mass is 10.1. The van der Waals surface area contributed by atoms with Gasteiger partial charge in [0.2, 0.25) is 10.0 Å². The number of hydrogen-bond acceptors (Lipinski definition) is 5. The lowest BCUT2D eigenvalue weighted by molar-refractivity contribution is 0.0696. The molecule has 0 aliphatic carbocycles. The van der Waals surface area contributed by atoms with Crippen LogP contribution in [0.15, 0.2) is 18.2 Å². The highest BCUT2D eigenvalue weighted by Gasteiger charge is 2.16. The zero-order valence-electron chi connectivity index (χ0n) is 12.5. The summed E-state index contributed by atoms with van der Waals surface area (Å²) in [5.41, 5.74) is -0.00980. The Hall–Kier alpha value is -2.13. The van der Waals surface area contributed by atoms with Gasteiger partial charge in [0.05, 0.1) is 18.4 Å². The van der Waals surface area contributed by atoms with Crippen molar-refractivity contribution in [3.05, 3.63) is 29.3 Å². The van der Waals surface area contributed by atoms with Gasteiger partial charge in [0.25, 0.3) is 5.91 Å². The van der Waals surface area contributed by atoms with Crippen molar-refractivity contribution in [1.82, 2.24) is 9.62 Å². The Morgan fingerprint density at radius 3 is 2.32 bits per heavy atom. The molecule has 1 aromatic rings. The fraction of sp³-hybridized carbons (Fsp3) is 0.385. The number of carbonyl (C=O) groups excluding carboxylic acids is 1. The molecule has 0 aliphatic heterocycles. The number of carbonyl (C=O) groups is 2. The third-order valence-electron chi connectivity index (χ3n) is 2.85. The number of sulfonamides is 1. The lowest BCUT2D eigenvalue weighted by Gasteiger charge is -2.12. The van der Waals surface area contributed by atoms with E-state index in [1.54, 1.807) is 0 Å². The third kappa shape index (κ3) is 4.71. The van der Waals surface area contributed by atoms with Crippen LogP contribution < -0.4 is 10.1 Å². The van der Waals surface area contributed by atoms with Gasteiger partial charge in [-0.15, -0.1) is 0 Å². The summed E-state index contributed by atoms with van der Waals surface area (Å²) < 4.78 is 29.1. The number of ether oxygens (including phenoxy) is 1. The Morgan fingerprint density at radius 1 is 1.23 bits per heavy atom. The van der Waals surface area contributed by atoms with Gasteiger partial charge in [-0.2, -0.15) is 0 Å². The topological polar surface area (TPSA) is 113 Å². The molecule has 8 nitrogen and oxygen atoms in total. The first-order chi connectivity index (χ1) is 10.2. The van der Waals surface area contributed by atoms with Crippen LogP contribution in [0.3, 0.4) is 0 Å². The maximum Gasteiger partial charge on any atom is 0.335 e.